The summed E-state index contributed by atoms with van der Waals surface area (Å²) in [5, 5.41) is 0. The Kier molecular flexibility index (Phi) is 4.48. The number of nitrogens with one attached hydrogen (secondary N) is 1. The van der Waals surface area contributed by atoms with Crippen molar-refractivity contribution < 1.29 is 14.3 Å². The first-order valence-corrected chi connectivity index (χ1v) is 6.85. The molecule has 1 aromatic carbocycles. The van der Waals surface area contributed by atoms with Gasteiger partial charge < -0.3 is 14.5 Å². The van der Waals surface area contributed by atoms with Crippen molar-refractivity contribution in [2.45, 2.75) is 27.4 Å². The molecule has 0 spiro atoms. The van der Waals surface area contributed by atoms with Crippen LogP contribution >= 0.6 is 0 Å². The maximum atomic E-state index is 11.9. The van der Waals surface area contributed by atoms with Crippen LogP contribution < -0.4 is 0 Å². The molecule has 0 unspecified atom stereocenters. The van der Waals surface area contributed by atoms with Gasteiger partial charge in [0, 0.05) is 24.1 Å². The van der Waals surface area contributed by atoms with Crippen molar-refractivity contribution in [1.29, 1.82) is 0 Å². The van der Waals surface area contributed by atoms with Crippen LogP contribution in [-0.2, 0) is 16.1 Å². The minimum atomic E-state index is -0.310. The number of hydrogen-bond acceptors (Lipinski definition) is 3. The number of hydrogen-bond donors (Lipinski definition) is 1. The molecule has 0 saturated carbocycles. The van der Waals surface area contributed by atoms with E-state index in [-0.39, 0.29) is 5.97 Å². The van der Waals surface area contributed by atoms with Crippen LogP contribution in [0.25, 0.3) is 11.3 Å². The van der Waals surface area contributed by atoms with E-state index in [4.69, 9.17) is 9.47 Å². The molecule has 112 valence electrons. The molecule has 0 radical (unpaired) electrons. The molecule has 4 nitrogen and oxygen atoms in total. The molecule has 1 N–H and O–H groups in total. The molecular weight excluding hydrogens is 266 g/mol. The summed E-state index contributed by atoms with van der Waals surface area (Å²) in [6.45, 7) is 6.54. The second-order valence-electron chi connectivity index (χ2n) is 5.26. The summed E-state index contributed by atoms with van der Waals surface area (Å²) in [6, 6.07) is 5.97. The predicted octanol–water partition coefficient (Wildman–Crippen LogP) is 3.54. The topological polar surface area (TPSA) is 51.3 Å². The van der Waals surface area contributed by atoms with E-state index in [1.807, 2.05) is 32.9 Å². The van der Waals surface area contributed by atoms with Gasteiger partial charge in [-0.05, 0) is 49.6 Å². The van der Waals surface area contributed by atoms with Crippen LogP contribution in [0, 0.1) is 20.8 Å². The Morgan fingerprint density at radius 2 is 1.76 bits per heavy atom. The van der Waals surface area contributed by atoms with Gasteiger partial charge >= 0.3 is 5.97 Å². The minimum absolute atomic E-state index is 0.310. The molecule has 0 fully saturated rings. The lowest BCUT2D eigenvalue weighted by molar-refractivity contribution is 0.0600. The van der Waals surface area contributed by atoms with Crippen LogP contribution in [0.2, 0.25) is 0 Å². The smallest absolute Gasteiger partial charge is 0.338 e. The standard InChI is InChI=1S/C17H21NO3/c1-10-6-11(2)15(17(19)21-5)8-14(10)16-12(3)7-13(18-16)9-20-4/h6-8,18H,9H2,1-5H3. The largest absolute Gasteiger partial charge is 0.465 e. The second kappa shape index (κ2) is 6.14. The van der Waals surface area contributed by atoms with Crippen molar-refractivity contribution in [2.24, 2.45) is 0 Å². The number of methoxy groups -OCH3 is 2. The van der Waals surface area contributed by atoms with E-state index < -0.39 is 0 Å². The molecule has 0 atom stereocenters. The first kappa shape index (κ1) is 15.3. The van der Waals surface area contributed by atoms with E-state index in [1.165, 1.54) is 7.11 Å². The molecule has 1 aromatic heterocycles. The lowest BCUT2D eigenvalue weighted by Crippen LogP contribution is -2.05. The van der Waals surface area contributed by atoms with Crippen molar-refractivity contribution in [3.8, 4) is 11.3 Å². The summed E-state index contributed by atoms with van der Waals surface area (Å²) in [6.07, 6.45) is 0. The number of rotatable bonds is 4. The summed E-state index contributed by atoms with van der Waals surface area (Å²) in [5.41, 5.74) is 6.82. The molecule has 1 heterocycles. The third-order valence-electron chi connectivity index (χ3n) is 3.62. The number of carbonyl (C=O) groups excluding carboxylic acids is 1. The molecule has 2 aromatic rings. The first-order chi connectivity index (χ1) is 9.97. The Balaban J connectivity index is 2.55. The highest BCUT2D eigenvalue weighted by Gasteiger charge is 2.15. The van der Waals surface area contributed by atoms with Crippen molar-refractivity contribution in [2.75, 3.05) is 14.2 Å². The summed E-state index contributed by atoms with van der Waals surface area (Å²) in [4.78, 5) is 15.2. The van der Waals surface area contributed by atoms with Gasteiger partial charge in [0.05, 0.1) is 19.3 Å². The van der Waals surface area contributed by atoms with Gasteiger partial charge in [0.25, 0.3) is 0 Å². The van der Waals surface area contributed by atoms with Gasteiger partial charge in [0.15, 0.2) is 0 Å². The van der Waals surface area contributed by atoms with E-state index in [0.29, 0.717) is 12.2 Å². The second-order valence-corrected chi connectivity index (χ2v) is 5.26. The monoisotopic (exact) mass is 287 g/mol. The van der Waals surface area contributed by atoms with Gasteiger partial charge in [0.2, 0.25) is 0 Å². The van der Waals surface area contributed by atoms with Gasteiger partial charge in [-0.2, -0.15) is 0 Å². The zero-order valence-electron chi connectivity index (χ0n) is 13.2. The van der Waals surface area contributed by atoms with E-state index in [0.717, 1.165) is 33.6 Å². The molecule has 0 aliphatic carbocycles. The Hall–Kier alpha value is -2.07. The molecule has 2 rings (SSSR count). The number of aryl methyl sites for hydroxylation is 3. The third kappa shape index (κ3) is 3.00. The van der Waals surface area contributed by atoms with Crippen LogP contribution in [0.1, 0.15) is 32.7 Å². The van der Waals surface area contributed by atoms with Gasteiger partial charge in [-0.25, -0.2) is 4.79 Å². The molecule has 0 saturated heterocycles. The number of esters is 1. The van der Waals surface area contributed by atoms with E-state index in [9.17, 15) is 4.79 Å². The highest BCUT2D eigenvalue weighted by molar-refractivity contribution is 5.93. The van der Waals surface area contributed by atoms with Crippen LogP contribution in [0.5, 0.6) is 0 Å². The van der Waals surface area contributed by atoms with Gasteiger partial charge in [-0.15, -0.1) is 0 Å². The lowest BCUT2D eigenvalue weighted by Gasteiger charge is -2.11. The normalized spacial score (nSPS) is 10.7. The first-order valence-electron chi connectivity index (χ1n) is 6.85. The Bertz CT molecular complexity index is 671. The summed E-state index contributed by atoms with van der Waals surface area (Å²) < 4.78 is 10.0. The maximum absolute atomic E-state index is 11.9. The zero-order valence-corrected chi connectivity index (χ0v) is 13.2. The number of carbonyl (C=O) groups is 1. The molecule has 4 heteroatoms. The fourth-order valence-corrected chi connectivity index (χ4v) is 2.59. The predicted molar refractivity (Wildman–Crippen MR) is 82.5 cm³/mol. The Morgan fingerprint density at radius 3 is 2.38 bits per heavy atom. The Morgan fingerprint density at radius 1 is 1.05 bits per heavy atom. The molecule has 0 aliphatic rings. The van der Waals surface area contributed by atoms with Crippen molar-refractivity contribution in [1.82, 2.24) is 4.98 Å². The van der Waals surface area contributed by atoms with Crippen molar-refractivity contribution in [3.63, 3.8) is 0 Å². The summed E-state index contributed by atoms with van der Waals surface area (Å²) >= 11 is 0. The maximum Gasteiger partial charge on any atom is 0.338 e. The SMILES string of the molecule is COCc1cc(C)c(-c2cc(C(=O)OC)c(C)cc2C)[nH]1. The zero-order chi connectivity index (χ0) is 15.6. The van der Waals surface area contributed by atoms with Crippen LogP contribution in [0.3, 0.4) is 0 Å². The minimum Gasteiger partial charge on any atom is -0.465 e. The molecule has 21 heavy (non-hydrogen) atoms. The number of aromatic nitrogens is 1. The number of aromatic amines is 1. The number of H-pyrrole nitrogens is 1. The van der Waals surface area contributed by atoms with Crippen LogP contribution in [0.4, 0.5) is 0 Å². The summed E-state index contributed by atoms with van der Waals surface area (Å²) in [5.74, 6) is -0.310. The fraction of sp³-hybridized carbons (Fsp3) is 0.353. The van der Waals surface area contributed by atoms with Gasteiger partial charge in [-0.1, -0.05) is 6.07 Å². The lowest BCUT2D eigenvalue weighted by atomic mass is 9.96. The van der Waals surface area contributed by atoms with Crippen molar-refractivity contribution in [3.05, 3.63) is 46.1 Å². The average molecular weight is 287 g/mol. The third-order valence-corrected chi connectivity index (χ3v) is 3.62. The Labute approximate surface area is 125 Å². The fourth-order valence-electron chi connectivity index (χ4n) is 2.59. The van der Waals surface area contributed by atoms with Crippen LogP contribution in [0.15, 0.2) is 18.2 Å². The van der Waals surface area contributed by atoms with E-state index >= 15 is 0 Å². The van der Waals surface area contributed by atoms with Gasteiger partial charge in [-0.3, -0.25) is 0 Å². The van der Waals surface area contributed by atoms with Gasteiger partial charge in [0.1, 0.15) is 0 Å². The van der Waals surface area contributed by atoms with E-state index in [1.54, 1.807) is 7.11 Å². The number of benzene rings is 1. The number of ether oxygens (including phenoxy) is 2. The molecular formula is C17H21NO3. The molecule has 0 aliphatic heterocycles. The highest BCUT2D eigenvalue weighted by atomic mass is 16.5. The molecule has 0 amide bonds. The highest BCUT2D eigenvalue weighted by Crippen LogP contribution is 2.29. The van der Waals surface area contributed by atoms with E-state index in [2.05, 4.69) is 11.1 Å². The quantitative estimate of drug-likeness (QED) is 0.875. The summed E-state index contributed by atoms with van der Waals surface area (Å²) in [7, 11) is 3.07. The van der Waals surface area contributed by atoms with Crippen molar-refractivity contribution >= 4 is 5.97 Å². The molecule has 0 bridgehead atoms. The van der Waals surface area contributed by atoms with Crippen LogP contribution in [-0.4, -0.2) is 25.2 Å². The average Bonchev–Trinajstić information content (AvgIpc) is 2.79.